The molecule has 1 aromatic carbocycles. The van der Waals surface area contributed by atoms with E-state index in [0.29, 0.717) is 24.4 Å². The van der Waals surface area contributed by atoms with Gasteiger partial charge in [-0.25, -0.2) is 4.39 Å². The molecule has 0 unspecified atom stereocenters. The van der Waals surface area contributed by atoms with Gasteiger partial charge in [0.15, 0.2) is 0 Å². The number of nitrogens with zero attached hydrogens (tertiary/aromatic N) is 1. The fourth-order valence-electron chi connectivity index (χ4n) is 2.04. The maximum absolute atomic E-state index is 13.1. The summed E-state index contributed by atoms with van der Waals surface area (Å²) in [4.78, 5) is 2.31. The van der Waals surface area contributed by atoms with E-state index in [0.717, 1.165) is 6.54 Å². The molecular formula is C14H22ClFN2O. The Labute approximate surface area is 119 Å². The standard InChI is InChI=1S/C14H22ClFN2O/c1-9(2)18(10(3)4)5-6-19-14-7-11(15)12(16)8-13(14)17/h7-10H,5-6,17H2,1-4H3. The van der Waals surface area contributed by atoms with Crippen LogP contribution in [0.1, 0.15) is 27.7 Å². The van der Waals surface area contributed by atoms with Crippen molar-refractivity contribution in [1.29, 1.82) is 0 Å². The lowest BCUT2D eigenvalue weighted by Crippen LogP contribution is -2.39. The van der Waals surface area contributed by atoms with Gasteiger partial charge in [-0.05, 0) is 27.7 Å². The van der Waals surface area contributed by atoms with Crippen molar-refractivity contribution >= 4 is 17.3 Å². The van der Waals surface area contributed by atoms with Gasteiger partial charge in [-0.15, -0.1) is 0 Å². The van der Waals surface area contributed by atoms with Crippen molar-refractivity contribution in [1.82, 2.24) is 4.90 Å². The van der Waals surface area contributed by atoms with E-state index in [1.165, 1.54) is 12.1 Å². The van der Waals surface area contributed by atoms with Gasteiger partial charge in [-0.2, -0.15) is 0 Å². The first kappa shape index (κ1) is 16.1. The Bertz CT molecular complexity index is 416. The lowest BCUT2D eigenvalue weighted by atomic mass is 10.2. The Balaban J connectivity index is 2.60. The zero-order valence-electron chi connectivity index (χ0n) is 11.9. The van der Waals surface area contributed by atoms with Crippen molar-refractivity contribution in [3.63, 3.8) is 0 Å². The fourth-order valence-corrected chi connectivity index (χ4v) is 2.20. The van der Waals surface area contributed by atoms with E-state index in [2.05, 4.69) is 32.6 Å². The number of nitrogen functional groups attached to an aromatic ring is 1. The lowest BCUT2D eigenvalue weighted by Gasteiger charge is -2.30. The second-order valence-electron chi connectivity index (χ2n) is 5.08. The summed E-state index contributed by atoms with van der Waals surface area (Å²) >= 11 is 5.71. The summed E-state index contributed by atoms with van der Waals surface area (Å²) in [7, 11) is 0. The van der Waals surface area contributed by atoms with Crippen LogP contribution in [0.25, 0.3) is 0 Å². The van der Waals surface area contributed by atoms with E-state index in [9.17, 15) is 4.39 Å². The second-order valence-corrected chi connectivity index (χ2v) is 5.49. The number of benzene rings is 1. The number of nitrogens with two attached hydrogens (primary N) is 1. The molecule has 3 nitrogen and oxygen atoms in total. The Morgan fingerprint density at radius 2 is 1.84 bits per heavy atom. The quantitative estimate of drug-likeness (QED) is 0.814. The van der Waals surface area contributed by atoms with Crippen LogP contribution < -0.4 is 10.5 Å². The minimum absolute atomic E-state index is 0.0220. The highest BCUT2D eigenvalue weighted by molar-refractivity contribution is 6.31. The van der Waals surface area contributed by atoms with Crippen LogP contribution in [-0.4, -0.2) is 30.1 Å². The molecule has 0 bridgehead atoms. The maximum Gasteiger partial charge on any atom is 0.144 e. The number of hydrogen-bond donors (Lipinski definition) is 1. The molecule has 0 fully saturated rings. The van der Waals surface area contributed by atoms with Gasteiger partial charge in [0.2, 0.25) is 0 Å². The highest BCUT2D eigenvalue weighted by Crippen LogP contribution is 2.28. The van der Waals surface area contributed by atoms with Gasteiger partial charge in [-0.3, -0.25) is 4.90 Å². The van der Waals surface area contributed by atoms with Gasteiger partial charge in [0, 0.05) is 30.8 Å². The summed E-state index contributed by atoms with van der Waals surface area (Å²) in [6, 6.07) is 3.48. The zero-order chi connectivity index (χ0) is 14.6. The Hall–Kier alpha value is -1.00. The highest BCUT2D eigenvalue weighted by Gasteiger charge is 2.13. The first-order valence-corrected chi connectivity index (χ1v) is 6.83. The Morgan fingerprint density at radius 1 is 1.26 bits per heavy atom. The van der Waals surface area contributed by atoms with Crippen LogP contribution in [0.4, 0.5) is 10.1 Å². The number of rotatable bonds is 6. The van der Waals surface area contributed by atoms with Gasteiger partial charge >= 0.3 is 0 Å². The minimum Gasteiger partial charge on any atom is -0.490 e. The normalized spacial score (nSPS) is 11.6. The number of halogens is 2. The fraction of sp³-hybridized carbons (Fsp3) is 0.571. The van der Waals surface area contributed by atoms with Crippen LogP contribution in [0.2, 0.25) is 5.02 Å². The number of hydrogen-bond acceptors (Lipinski definition) is 3. The molecule has 0 aromatic heterocycles. The zero-order valence-corrected chi connectivity index (χ0v) is 12.7. The van der Waals surface area contributed by atoms with Gasteiger partial charge in [0.05, 0.1) is 10.7 Å². The van der Waals surface area contributed by atoms with E-state index < -0.39 is 5.82 Å². The summed E-state index contributed by atoms with van der Waals surface area (Å²) in [6.45, 7) is 9.84. The van der Waals surface area contributed by atoms with Crippen molar-refractivity contribution in [2.75, 3.05) is 18.9 Å². The van der Waals surface area contributed by atoms with Crippen molar-refractivity contribution in [2.24, 2.45) is 0 Å². The summed E-state index contributed by atoms with van der Waals surface area (Å²) < 4.78 is 18.7. The van der Waals surface area contributed by atoms with E-state index in [1.54, 1.807) is 0 Å². The van der Waals surface area contributed by atoms with Crippen LogP contribution in [0.5, 0.6) is 5.75 Å². The summed E-state index contributed by atoms with van der Waals surface area (Å²) in [6.07, 6.45) is 0. The van der Waals surface area contributed by atoms with Crippen LogP contribution in [0.3, 0.4) is 0 Å². The van der Waals surface area contributed by atoms with Gasteiger partial charge in [-0.1, -0.05) is 11.6 Å². The van der Waals surface area contributed by atoms with Gasteiger partial charge in [0.25, 0.3) is 0 Å². The molecular weight excluding hydrogens is 267 g/mol. The third-order valence-electron chi connectivity index (χ3n) is 2.99. The van der Waals surface area contributed by atoms with Crippen molar-refractivity contribution < 1.29 is 9.13 Å². The van der Waals surface area contributed by atoms with Crippen LogP contribution in [-0.2, 0) is 0 Å². The van der Waals surface area contributed by atoms with Crippen molar-refractivity contribution in [3.8, 4) is 5.75 Å². The lowest BCUT2D eigenvalue weighted by molar-refractivity contribution is 0.142. The largest absolute Gasteiger partial charge is 0.490 e. The van der Waals surface area contributed by atoms with Crippen LogP contribution in [0, 0.1) is 5.82 Å². The first-order chi connectivity index (χ1) is 8.82. The van der Waals surface area contributed by atoms with E-state index in [1.807, 2.05) is 0 Å². The Kier molecular flexibility index (Phi) is 5.88. The monoisotopic (exact) mass is 288 g/mol. The molecule has 0 aliphatic heterocycles. The van der Waals surface area contributed by atoms with Crippen molar-refractivity contribution in [3.05, 3.63) is 23.0 Å². The van der Waals surface area contributed by atoms with Crippen molar-refractivity contribution in [2.45, 2.75) is 39.8 Å². The van der Waals surface area contributed by atoms with Gasteiger partial charge < -0.3 is 10.5 Å². The molecule has 2 N–H and O–H groups in total. The molecule has 5 heteroatoms. The number of anilines is 1. The molecule has 108 valence electrons. The van der Waals surface area contributed by atoms with Gasteiger partial charge in [0.1, 0.15) is 18.2 Å². The third-order valence-corrected chi connectivity index (χ3v) is 3.28. The average Bonchev–Trinajstić information content (AvgIpc) is 2.29. The maximum atomic E-state index is 13.1. The third kappa shape index (κ3) is 4.55. The summed E-state index contributed by atoms with van der Waals surface area (Å²) in [5.74, 6) is -0.101. The SMILES string of the molecule is CC(C)N(CCOc1cc(Cl)c(F)cc1N)C(C)C. The molecule has 0 heterocycles. The summed E-state index contributed by atoms with van der Waals surface area (Å²) in [5, 5.41) is 0.0220. The van der Waals surface area contributed by atoms with E-state index in [4.69, 9.17) is 22.1 Å². The second kappa shape index (κ2) is 6.96. The molecule has 0 aliphatic carbocycles. The minimum atomic E-state index is -0.530. The predicted octanol–water partition coefficient (Wildman–Crippen LogP) is 3.56. The molecule has 0 aliphatic rings. The number of ether oxygens (including phenoxy) is 1. The van der Waals surface area contributed by atoms with Crippen LogP contribution in [0.15, 0.2) is 12.1 Å². The topological polar surface area (TPSA) is 38.5 Å². The molecule has 0 atom stereocenters. The molecule has 19 heavy (non-hydrogen) atoms. The highest BCUT2D eigenvalue weighted by atomic mass is 35.5. The molecule has 1 rings (SSSR count). The molecule has 0 spiro atoms. The molecule has 1 aromatic rings. The van der Waals surface area contributed by atoms with E-state index >= 15 is 0 Å². The average molecular weight is 289 g/mol. The first-order valence-electron chi connectivity index (χ1n) is 6.46. The molecule has 0 amide bonds. The predicted molar refractivity (Wildman–Crippen MR) is 78.3 cm³/mol. The van der Waals surface area contributed by atoms with Crippen LogP contribution >= 0.6 is 11.6 Å². The Morgan fingerprint density at radius 3 is 2.37 bits per heavy atom. The molecule has 0 saturated heterocycles. The molecule has 0 radical (unpaired) electrons. The summed E-state index contributed by atoms with van der Waals surface area (Å²) in [5.41, 5.74) is 5.96. The smallest absolute Gasteiger partial charge is 0.144 e. The van der Waals surface area contributed by atoms with E-state index in [-0.39, 0.29) is 10.7 Å². The molecule has 0 saturated carbocycles.